The molecule has 2 atom stereocenters. The Hall–Kier alpha value is -2.87. The number of carbonyl (C=O) groups excluding carboxylic acids is 1. The van der Waals surface area contributed by atoms with Gasteiger partial charge in [0.2, 0.25) is 5.91 Å². The van der Waals surface area contributed by atoms with E-state index in [2.05, 4.69) is 16.4 Å². The van der Waals surface area contributed by atoms with Gasteiger partial charge in [0, 0.05) is 17.9 Å². The number of amides is 1. The van der Waals surface area contributed by atoms with Crippen LogP contribution in [0.4, 0.5) is 11.5 Å². The van der Waals surface area contributed by atoms with E-state index in [1.165, 1.54) is 0 Å². The number of carbonyl (C=O) groups is 1. The quantitative estimate of drug-likeness (QED) is 0.944. The van der Waals surface area contributed by atoms with E-state index in [-0.39, 0.29) is 18.0 Å². The second-order valence-electron chi connectivity index (χ2n) is 5.34. The number of pyridine rings is 1. The van der Waals surface area contributed by atoms with Crippen LogP contribution in [0.15, 0.2) is 48.7 Å². The summed E-state index contributed by atoms with van der Waals surface area (Å²) in [6, 6.07) is 14.8. The molecule has 1 saturated heterocycles. The molecule has 2 aromatic rings. The standard InChI is InChI=1S/C17H16N4O/c1-12-10-15(20-16-13(11-18)6-5-9-19-16)17(22)21(12)14-7-3-2-4-8-14/h2-9,12,15H,10H2,1H3,(H,19,20). The molecule has 0 radical (unpaired) electrons. The van der Waals surface area contributed by atoms with Crippen LogP contribution in [0, 0.1) is 11.3 Å². The Kier molecular flexibility index (Phi) is 3.75. The molecule has 5 heteroatoms. The Morgan fingerprint density at radius 2 is 2.05 bits per heavy atom. The van der Waals surface area contributed by atoms with Crippen molar-refractivity contribution in [3.8, 4) is 6.07 Å². The van der Waals surface area contributed by atoms with Crippen molar-refractivity contribution < 1.29 is 4.79 Å². The van der Waals surface area contributed by atoms with Crippen molar-refractivity contribution in [2.24, 2.45) is 0 Å². The van der Waals surface area contributed by atoms with Crippen LogP contribution in [0.1, 0.15) is 18.9 Å². The van der Waals surface area contributed by atoms with E-state index in [1.54, 1.807) is 23.2 Å². The average Bonchev–Trinajstić information content (AvgIpc) is 2.83. The van der Waals surface area contributed by atoms with Gasteiger partial charge in [-0.25, -0.2) is 4.98 Å². The number of nitrogens with one attached hydrogen (secondary N) is 1. The molecule has 1 aliphatic rings. The summed E-state index contributed by atoms with van der Waals surface area (Å²) in [5, 5.41) is 12.2. The van der Waals surface area contributed by atoms with Gasteiger partial charge in [0.1, 0.15) is 17.9 Å². The summed E-state index contributed by atoms with van der Waals surface area (Å²) in [7, 11) is 0. The van der Waals surface area contributed by atoms with Gasteiger partial charge < -0.3 is 10.2 Å². The first kappa shape index (κ1) is 14.1. The molecule has 0 saturated carbocycles. The highest BCUT2D eigenvalue weighted by molar-refractivity contribution is 6.01. The first-order valence-corrected chi connectivity index (χ1v) is 7.20. The highest BCUT2D eigenvalue weighted by Crippen LogP contribution is 2.28. The maximum absolute atomic E-state index is 12.7. The predicted octanol–water partition coefficient (Wildman–Crippen LogP) is 2.56. The van der Waals surface area contributed by atoms with Crippen molar-refractivity contribution in [2.75, 3.05) is 10.2 Å². The molecule has 110 valence electrons. The van der Waals surface area contributed by atoms with Crippen molar-refractivity contribution in [1.29, 1.82) is 5.26 Å². The molecule has 22 heavy (non-hydrogen) atoms. The topological polar surface area (TPSA) is 69.0 Å². The highest BCUT2D eigenvalue weighted by Gasteiger charge is 2.38. The zero-order chi connectivity index (χ0) is 15.5. The van der Waals surface area contributed by atoms with E-state index in [9.17, 15) is 4.79 Å². The van der Waals surface area contributed by atoms with Gasteiger partial charge in [-0.3, -0.25) is 4.79 Å². The fourth-order valence-corrected chi connectivity index (χ4v) is 2.80. The van der Waals surface area contributed by atoms with E-state index >= 15 is 0 Å². The number of rotatable bonds is 3. The molecule has 2 heterocycles. The van der Waals surface area contributed by atoms with Crippen LogP contribution in [0.2, 0.25) is 0 Å². The fraction of sp³-hybridized carbons (Fsp3) is 0.235. The molecular formula is C17H16N4O. The van der Waals surface area contributed by atoms with Crippen LogP contribution in [0.3, 0.4) is 0 Å². The van der Waals surface area contributed by atoms with Crippen molar-refractivity contribution in [3.05, 3.63) is 54.2 Å². The fourth-order valence-electron chi connectivity index (χ4n) is 2.80. The second-order valence-corrected chi connectivity index (χ2v) is 5.34. The minimum atomic E-state index is -0.364. The van der Waals surface area contributed by atoms with E-state index in [4.69, 9.17) is 5.26 Å². The lowest BCUT2D eigenvalue weighted by molar-refractivity contribution is -0.117. The lowest BCUT2D eigenvalue weighted by atomic mass is 10.1. The Morgan fingerprint density at radius 3 is 2.77 bits per heavy atom. The monoisotopic (exact) mass is 292 g/mol. The molecule has 3 rings (SSSR count). The summed E-state index contributed by atoms with van der Waals surface area (Å²) in [4.78, 5) is 18.6. The van der Waals surface area contributed by atoms with Crippen molar-refractivity contribution in [1.82, 2.24) is 4.98 Å². The number of nitrogens with zero attached hydrogens (tertiary/aromatic N) is 3. The summed E-state index contributed by atoms with van der Waals surface area (Å²) in [5.41, 5.74) is 1.34. The van der Waals surface area contributed by atoms with Gasteiger partial charge in [-0.1, -0.05) is 18.2 Å². The van der Waals surface area contributed by atoms with Crippen LogP contribution in [0.5, 0.6) is 0 Å². The summed E-state index contributed by atoms with van der Waals surface area (Å²) in [5.74, 6) is 0.471. The van der Waals surface area contributed by atoms with Gasteiger partial charge in [-0.15, -0.1) is 0 Å². The number of benzene rings is 1. The number of hydrogen-bond donors (Lipinski definition) is 1. The van der Waals surface area contributed by atoms with Gasteiger partial charge in [0.05, 0.1) is 5.56 Å². The predicted molar refractivity (Wildman–Crippen MR) is 84.4 cm³/mol. The van der Waals surface area contributed by atoms with Gasteiger partial charge >= 0.3 is 0 Å². The average molecular weight is 292 g/mol. The third-order valence-electron chi connectivity index (χ3n) is 3.83. The van der Waals surface area contributed by atoms with Crippen molar-refractivity contribution in [2.45, 2.75) is 25.4 Å². The zero-order valence-corrected chi connectivity index (χ0v) is 12.2. The maximum atomic E-state index is 12.7. The summed E-state index contributed by atoms with van der Waals surface area (Å²) < 4.78 is 0. The number of anilines is 2. The smallest absolute Gasteiger partial charge is 0.249 e. The van der Waals surface area contributed by atoms with Crippen molar-refractivity contribution >= 4 is 17.4 Å². The molecule has 1 fully saturated rings. The minimum absolute atomic E-state index is 0.00763. The Balaban J connectivity index is 1.83. The van der Waals surface area contributed by atoms with Gasteiger partial charge in [-0.05, 0) is 37.6 Å². The number of hydrogen-bond acceptors (Lipinski definition) is 4. The van der Waals surface area contributed by atoms with Crippen LogP contribution in [-0.2, 0) is 4.79 Å². The van der Waals surface area contributed by atoms with Crippen LogP contribution in [-0.4, -0.2) is 23.0 Å². The summed E-state index contributed by atoms with van der Waals surface area (Å²) in [6.07, 6.45) is 2.29. The largest absolute Gasteiger partial charge is 0.357 e. The van der Waals surface area contributed by atoms with E-state index < -0.39 is 0 Å². The molecule has 0 bridgehead atoms. The van der Waals surface area contributed by atoms with E-state index in [1.807, 2.05) is 37.3 Å². The first-order valence-electron chi connectivity index (χ1n) is 7.20. The summed E-state index contributed by atoms with van der Waals surface area (Å²) >= 11 is 0. The molecule has 1 amide bonds. The number of para-hydroxylation sites is 1. The van der Waals surface area contributed by atoms with Crippen molar-refractivity contribution in [3.63, 3.8) is 0 Å². The molecule has 0 spiro atoms. The Labute approximate surface area is 129 Å². The molecular weight excluding hydrogens is 276 g/mol. The third kappa shape index (κ3) is 2.51. The maximum Gasteiger partial charge on any atom is 0.249 e. The van der Waals surface area contributed by atoms with Gasteiger partial charge in [0.15, 0.2) is 0 Å². The van der Waals surface area contributed by atoms with Crippen LogP contribution < -0.4 is 10.2 Å². The normalized spacial score (nSPS) is 20.7. The Bertz CT molecular complexity index is 723. The molecule has 2 unspecified atom stereocenters. The zero-order valence-electron chi connectivity index (χ0n) is 12.2. The molecule has 0 aliphatic carbocycles. The molecule has 1 aromatic carbocycles. The third-order valence-corrected chi connectivity index (χ3v) is 3.83. The molecule has 5 nitrogen and oxygen atoms in total. The molecule has 1 N–H and O–H groups in total. The Morgan fingerprint density at radius 1 is 1.27 bits per heavy atom. The van der Waals surface area contributed by atoms with Crippen LogP contribution in [0.25, 0.3) is 0 Å². The molecule has 1 aromatic heterocycles. The van der Waals surface area contributed by atoms with Crippen LogP contribution >= 0.6 is 0 Å². The number of nitriles is 1. The second kappa shape index (κ2) is 5.86. The first-order chi connectivity index (χ1) is 10.7. The minimum Gasteiger partial charge on any atom is -0.357 e. The lowest BCUT2D eigenvalue weighted by Crippen LogP contribution is -2.35. The van der Waals surface area contributed by atoms with E-state index in [0.29, 0.717) is 17.8 Å². The molecule has 1 aliphatic heterocycles. The van der Waals surface area contributed by atoms with Gasteiger partial charge in [-0.2, -0.15) is 5.26 Å². The van der Waals surface area contributed by atoms with E-state index in [0.717, 1.165) is 5.69 Å². The number of aromatic nitrogens is 1. The summed E-state index contributed by atoms with van der Waals surface area (Å²) in [6.45, 7) is 2.02. The highest BCUT2D eigenvalue weighted by atomic mass is 16.2. The SMILES string of the molecule is CC1CC(Nc2ncccc2C#N)C(=O)N1c1ccccc1. The van der Waals surface area contributed by atoms with Gasteiger partial charge in [0.25, 0.3) is 0 Å². The lowest BCUT2D eigenvalue weighted by Gasteiger charge is -2.21.